The molecule has 0 radical (unpaired) electrons. The Bertz CT molecular complexity index is 738. The van der Waals surface area contributed by atoms with E-state index in [1.54, 1.807) is 0 Å². The highest BCUT2D eigenvalue weighted by Gasteiger charge is 2.16. The normalized spacial score (nSPS) is 14.2. The number of nitrogens with one attached hydrogen (secondary N) is 1. The second-order valence-corrected chi connectivity index (χ2v) is 7.36. The smallest absolute Gasteiger partial charge is 0.173 e. The van der Waals surface area contributed by atoms with Crippen LogP contribution < -0.4 is 10.2 Å². The van der Waals surface area contributed by atoms with Crippen molar-refractivity contribution in [3.63, 3.8) is 0 Å². The number of anilines is 2. The molecule has 1 aliphatic rings. The van der Waals surface area contributed by atoms with Crippen molar-refractivity contribution >= 4 is 28.7 Å². The number of thiocarbonyl (C=S) groups is 1. The van der Waals surface area contributed by atoms with Crippen LogP contribution in [0.2, 0.25) is 0 Å². The summed E-state index contributed by atoms with van der Waals surface area (Å²) in [5, 5.41) is 4.19. The third-order valence-electron chi connectivity index (χ3n) is 5.08. The molecule has 2 aromatic carbocycles. The Morgan fingerprint density at radius 3 is 2.38 bits per heavy atom. The van der Waals surface area contributed by atoms with Gasteiger partial charge in [-0.2, -0.15) is 0 Å². The van der Waals surface area contributed by atoms with Gasteiger partial charge in [0, 0.05) is 38.1 Å². The number of piperidine rings is 1. The van der Waals surface area contributed by atoms with E-state index >= 15 is 0 Å². The first-order chi connectivity index (χ1) is 12.7. The van der Waals surface area contributed by atoms with Crippen LogP contribution in [0.1, 0.15) is 37.3 Å². The highest BCUT2D eigenvalue weighted by molar-refractivity contribution is 7.80. The van der Waals surface area contributed by atoms with Crippen LogP contribution in [-0.4, -0.2) is 30.1 Å². The zero-order valence-corrected chi connectivity index (χ0v) is 16.7. The summed E-state index contributed by atoms with van der Waals surface area (Å²) in [5.41, 5.74) is 5.09. The predicted octanol–water partition coefficient (Wildman–Crippen LogP) is 5.07. The van der Waals surface area contributed by atoms with Crippen LogP contribution in [0.4, 0.5) is 11.4 Å². The zero-order valence-electron chi connectivity index (χ0n) is 15.9. The zero-order chi connectivity index (χ0) is 18.4. The summed E-state index contributed by atoms with van der Waals surface area (Å²) in [6.45, 7) is 5.30. The van der Waals surface area contributed by atoms with Gasteiger partial charge < -0.3 is 15.1 Å². The van der Waals surface area contributed by atoms with Gasteiger partial charge in [0.2, 0.25) is 0 Å². The van der Waals surface area contributed by atoms with E-state index in [-0.39, 0.29) is 0 Å². The maximum atomic E-state index is 5.67. The van der Waals surface area contributed by atoms with Crippen LogP contribution in [0, 0.1) is 0 Å². The van der Waals surface area contributed by atoms with Crippen molar-refractivity contribution in [2.45, 2.75) is 39.2 Å². The average Bonchev–Trinajstić information content (AvgIpc) is 2.69. The van der Waals surface area contributed by atoms with Crippen LogP contribution >= 0.6 is 12.2 Å². The lowest BCUT2D eigenvalue weighted by atomic mass is 10.1. The van der Waals surface area contributed by atoms with Gasteiger partial charge in [-0.1, -0.05) is 43.3 Å². The van der Waals surface area contributed by atoms with E-state index in [4.69, 9.17) is 12.2 Å². The number of aryl methyl sites for hydroxylation is 1. The summed E-state index contributed by atoms with van der Waals surface area (Å²) in [5.74, 6) is 0. The van der Waals surface area contributed by atoms with Gasteiger partial charge in [-0.05, 0) is 61.2 Å². The number of nitrogens with zero attached hydrogens (tertiary/aromatic N) is 2. The molecule has 3 nitrogen and oxygen atoms in total. The van der Waals surface area contributed by atoms with E-state index in [9.17, 15) is 0 Å². The molecule has 0 aromatic heterocycles. The molecule has 3 rings (SSSR count). The standard InChI is InChI=1S/C22H29N3S/c1-3-18-11-5-7-13-20(18)23-22(26)24(2)17-19-12-6-8-14-21(19)25-15-9-4-10-16-25/h5-8,11-14H,3-4,9-10,15-17H2,1-2H3,(H,23,26). The largest absolute Gasteiger partial charge is 0.371 e. The molecule has 0 unspecified atom stereocenters. The fourth-order valence-electron chi connectivity index (χ4n) is 3.58. The highest BCUT2D eigenvalue weighted by Crippen LogP contribution is 2.25. The van der Waals surface area contributed by atoms with Crippen molar-refractivity contribution in [3.8, 4) is 0 Å². The van der Waals surface area contributed by atoms with Gasteiger partial charge in [0.25, 0.3) is 0 Å². The molecule has 0 aliphatic carbocycles. The van der Waals surface area contributed by atoms with Gasteiger partial charge in [0.05, 0.1) is 0 Å². The molecule has 0 spiro atoms. The minimum absolute atomic E-state index is 0.763. The molecule has 2 aromatic rings. The Kier molecular flexibility index (Phi) is 6.51. The van der Waals surface area contributed by atoms with Gasteiger partial charge in [0.1, 0.15) is 0 Å². The number of hydrogen-bond donors (Lipinski definition) is 1. The molecule has 138 valence electrons. The monoisotopic (exact) mass is 367 g/mol. The van der Waals surface area contributed by atoms with E-state index in [0.29, 0.717) is 0 Å². The third-order valence-corrected chi connectivity index (χ3v) is 5.50. The lowest BCUT2D eigenvalue weighted by molar-refractivity contribution is 0.505. The molecule has 26 heavy (non-hydrogen) atoms. The first kappa shape index (κ1) is 18.7. The van der Waals surface area contributed by atoms with E-state index in [2.05, 4.69) is 77.6 Å². The van der Waals surface area contributed by atoms with Gasteiger partial charge in [0.15, 0.2) is 5.11 Å². The molecule has 1 heterocycles. The molecule has 1 saturated heterocycles. The van der Waals surface area contributed by atoms with E-state index < -0.39 is 0 Å². The van der Waals surface area contributed by atoms with Gasteiger partial charge in [-0.25, -0.2) is 0 Å². The van der Waals surface area contributed by atoms with E-state index in [0.717, 1.165) is 36.9 Å². The second-order valence-electron chi connectivity index (χ2n) is 6.97. The summed E-state index contributed by atoms with van der Waals surface area (Å²) >= 11 is 5.67. The molecule has 1 N–H and O–H groups in total. The van der Waals surface area contributed by atoms with Crippen molar-refractivity contribution < 1.29 is 0 Å². The third kappa shape index (κ3) is 4.55. The maximum absolute atomic E-state index is 5.67. The fourth-order valence-corrected chi connectivity index (χ4v) is 3.75. The summed E-state index contributed by atoms with van der Waals surface area (Å²) in [6, 6.07) is 17.1. The highest BCUT2D eigenvalue weighted by atomic mass is 32.1. The molecular weight excluding hydrogens is 338 g/mol. The van der Waals surface area contributed by atoms with Crippen molar-refractivity contribution in [1.82, 2.24) is 4.90 Å². The quantitative estimate of drug-likeness (QED) is 0.744. The molecule has 4 heteroatoms. The predicted molar refractivity (Wildman–Crippen MR) is 116 cm³/mol. The second kappa shape index (κ2) is 9.04. The molecular formula is C22H29N3S. The minimum Gasteiger partial charge on any atom is -0.371 e. The Hall–Kier alpha value is -2.07. The number of para-hydroxylation sites is 2. The first-order valence-corrected chi connectivity index (χ1v) is 10.0. The number of benzene rings is 2. The first-order valence-electron chi connectivity index (χ1n) is 9.62. The lowest BCUT2D eigenvalue weighted by Crippen LogP contribution is -2.33. The van der Waals surface area contributed by atoms with E-state index in [1.807, 2.05) is 0 Å². The maximum Gasteiger partial charge on any atom is 0.173 e. The van der Waals surface area contributed by atoms with Crippen molar-refractivity contribution in [1.29, 1.82) is 0 Å². The fraction of sp³-hybridized carbons (Fsp3) is 0.409. The van der Waals surface area contributed by atoms with Crippen LogP contribution in [-0.2, 0) is 13.0 Å². The number of rotatable bonds is 5. The summed E-state index contributed by atoms with van der Waals surface area (Å²) < 4.78 is 0. The topological polar surface area (TPSA) is 18.5 Å². The van der Waals surface area contributed by atoms with Gasteiger partial charge in [-0.3, -0.25) is 0 Å². The molecule has 1 aliphatic heterocycles. The lowest BCUT2D eigenvalue weighted by Gasteiger charge is -2.32. The van der Waals surface area contributed by atoms with Crippen molar-refractivity contribution in [3.05, 3.63) is 59.7 Å². The Morgan fingerprint density at radius 2 is 1.65 bits per heavy atom. The van der Waals surface area contributed by atoms with Crippen LogP contribution in [0.25, 0.3) is 0 Å². The SMILES string of the molecule is CCc1ccccc1NC(=S)N(C)Cc1ccccc1N1CCCCC1. The van der Waals surface area contributed by atoms with Gasteiger partial charge >= 0.3 is 0 Å². The summed E-state index contributed by atoms with van der Waals surface area (Å²) in [6.07, 6.45) is 4.92. The number of hydrogen-bond acceptors (Lipinski definition) is 2. The Balaban J connectivity index is 1.69. The Labute approximate surface area is 163 Å². The molecule has 0 atom stereocenters. The summed E-state index contributed by atoms with van der Waals surface area (Å²) in [7, 11) is 2.07. The van der Waals surface area contributed by atoms with Crippen LogP contribution in [0.3, 0.4) is 0 Å². The van der Waals surface area contributed by atoms with Gasteiger partial charge in [-0.15, -0.1) is 0 Å². The van der Waals surface area contributed by atoms with E-state index in [1.165, 1.54) is 36.1 Å². The Morgan fingerprint density at radius 1 is 1.00 bits per heavy atom. The van der Waals surface area contributed by atoms with Crippen molar-refractivity contribution in [2.75, 3.05) is 30.4 Å². The molecule has 0 amide bonds. The average molecular weight is 368 g/mol. The molecule has 0 bridgehead atoms. The van der Waals surface area contributed by atoms with Crippen LogP contribution in [0.15, 0.2) is 48.5 Å². The molecule has 0 saturated carbocycles. The summed E-state index contributed by atoms with van der Waals surface area (Å²) in [4.78, 5) is 4.65. The molecule has 1 fully saturated rings. The van der Waals surface area contributed by atoms with Crippen LogP contribution in [0.5, 0.6) is 0 Å². The minimum atomic E-state index is 0.763. The van der Waals surface area contributed by atoms with Crippen molar-refractivity contribution in [2.24, 2.45) is 0 Å².